The van der Waals surface area contributed by atoms with Gasteiger partial charge in [-0.3, -0.25) is 0 Å². The van der Waals surface area contributed by atoms with Gasteiger partial charge in [-0.15, -0.1) is 0 Å². The first-order valence-electron chi connectivity index (χ1n) is 31.8. The number of aromatic hydroxyl groups is 4. The third-order valence-corrected chi connectivity index (χ3v) is 17.4. The van der Waals surface area contributed by atoms with E-state index in [1.807, 2.05) is 218 Å². The van der Waals surface area contributed by atoms with Gasteiger partial charge in [-0.1, -0.05) is 139 Å². The summed E-state index contributed by atoms with van der Waals surface area (Å²) < 4.78 is 27.0. The summed E-state index contributed by atoms with van der Waals surface area (Å²) in [5.41, 5.74) is 13.2. The van der Waals surface area contributed by atoms with E-state index >= 15 is 0 Å². The molecule has 10 aromatic carbocycles. The fraction of sp³-hybridized carbons (Fsp3) is 0.118. The molecule has 0 amide bonds. The molecule has 0 fully saturated rings. The van der Waals surface area contributed by atoms with Crippen LogP contribution in [0, 0.1) is 69.2 Å². The number of benzene rings is 10. The zero-order chi connectivity index (χ0) is 70.5. The highest BCUT2D eigenvalue weighted by atomic mass is 16.4. The summed E-state index contributed by atoms with van der Waals surface area (Å²) in [7, 11) is 0. The SMILES string of the molecule is Cc1cc2cc(-c3ccccc3C)oc(=O)c2cc1C.Cc1cc2cc(-c3ccccc3C)oc(=O)c2cc1C.Cc1cc2cc(-c3ccccc3C)oc(=O)c2cc1O.Cc1cccc(-c2cc3ccc(O)cc3c(=O)o2)c1.Cc1ccccc1-c1cc2cc(O)c(O)cc2c(=O)o1. The normalized spacial score (nSPS) is 10.9. The van der Waals surface area contributed by atoms with Gasteiger partial charge in [0.05, 0.1) is 26.9 Å². The summed E-state index contributed by atoms with van der Waals surface area (Å²) in [6.07, 6.45) is 0. The summed E-state index contributed by atoms with van der Waals surface area (Å²) >= 11 is 0. The van der Waals surface area contributed by atoms with E-state index in [1.54, 1.807) is 31.2 Å². The van der Waals surface area contributed by atoms with Gasteiger partial charge in [0.15, 0.2) is 11.5 Å². The molecule has 15 rings (SSSR count). The Morgan fingerprint density at radius 2 is 0.545 bits per heavy atom. The second-order valence-corrected chi connectivity index (χ2v) is 24.6. The molecule has 0 bridgehead atoms. The zero-order valence-corrected chi connectivity index (χ0v) is 56.2. The molecule has 0 saturated heterocycles. The van der Waals surface area contributed by atoms with Crippen molar-refractivity contribution in [3.8, 4) is 79.6 Å². The van der Waals surface area contributed by atoms with Crippen LogP contribution in [0.15, 0.2) is 264 Å². The monoisotopic (exact) mass is 1310 g/mol. The minimum absolute atomic E-state index is 0.0584. The van der Waals surface area contributed by atoms with Gasteiger partial charge in [-0.25, -0.2) is 24.0 Å². The highest BCUT2D eigenvalue weighted by molar-refractivity contribution is 5.90. The van der Waals surface area contributed by atoms with E-state index in [0.717, 1.165) is 93.9 Å². The predicted molar refractivity (Wildman–Crippen MR) is 394 cm³/mol. The Morgan fingerprint density at radius 1 is 0.232 bits per heavy atom. The molecule has 0 aliphatic rings. The molecule has 0 radical (unpaired) electrons. The molecule has 0 saturated carbocycles. The van der Waals surface area contributed by atoms with E-state index in [2.05, 4.69) is 13.8 Å². The van der Waals surface area contributed by atoms with Gasteiger partial charge in [0.25, 0.3) is 0 Å². The third-order valence-electron chi connectivity index (χ3n) is 17.4. The van der Waals surface area contributed by atoms with Crippen molar-refractivity contribution >= 4 is 53.9 Å². The second kappa shape index (κ2) is 28.8. The largest absolute Gasteiger partial charge is 0.508 e. The Morgan fingerprint density at radius 3 is 0.939 bits per heavy atom. The van der Waals surface area contributed by atoms with E-state index in [1.165, 1.54) is 35.4 Å². The molecule has 0 atom stereocenters. The van der Waals surface area contributed by atoms with Gasteiger partial charge in [-0.2, -0.15) is 0 Å². The van der Waals surface area contributed by atoms with Crippen LogP contribution in [-0.4, -0.2) is 20.4 Å². The van der Waals surface area contributed by atoms with Crippen LogP contribution in [0.25, 0.3) is 110 Å². The van der Waals surface area contributed by atoms with Gasteiger partial charge in [0.1, 0.15) is 40.3 Å². The molecule has 99 heavy (non-hydrogen) atoms. The number of phenols is 4. The number of aryl methyl sites for hydroxylation is 10. The summed E-state index contributed by atoms with van der Waals surface area (Å²) in [5, 5.41) is 44.3. The molecule has 0 spiro atoms. The van der Waals surface area contributed by atoms with E-state index in [0.29, 0.717) is 55.7 Å². The quantitative estimate of drug-likeness (QED) is 0.117. The van der Waals surface area contributed by atoms with Gasteiger partial charge >= 0.3 is 28.1 Å². The van der Waals surface area contributed by atoms with Gasteiger partial charge in [0.2, 0.25) is 0 Å². The van der Waals surface area contributed by atoms with Crippen LogP contribution in [0.3, 0.4) is 0 Å². The minimum Gasteiger partial charge on any atom is -0.508 e. The van der Waals surface area contributed by atoms with Crippen molar-refractivity contribution in [2.75, 3.05) is 0 Å². The Kier molecular flexibility index (Phi) is 19.7. The van der Waals surface area contributed by atoms with Crippen LogP contribution < -0.4 is 28.1 Å². The number of hydrogen-bond acceptors (Lipinski definition) is 14. The minimum atomic E-state index is -0.545. The number of rotatable bonds is 5. The maximum absolute atomic E-state index is 12.2. The Bertz CT molecular complexity index is 5350. The van der Waals surface area contributed by atoms with Crippen LogP contribution >= 0.6 is 0 Å². The first-order chi connectivity index (χ1) is 47.4. The van der Waals surface area contributed by atoms with Gasteiger partial charge in [-0.05, 0) is 231 Å². The van der Waals surface area contributed by atoms with Crippen LogP contribution in [0.5, 0.6) is 23.0 Å². The fourth-order valence-corrected chi connectivity index (χ4v) is 11.5. The van der Waals surface area contributed by atoms with Crippen molar-refractivity contribution in [1.82, 2.24) is 0 Å². The molecule has 0 aliphatic carbocycles. The first kappa shape index (κ1) is 67.9. The summed E-state index contributed by atoms with van der Waals surface area (Å²) in [6, 6.07) is 66.5. The molecule has 0 aliphatic heterocycles. The molecule has 494 valence electrons. The number of fused-ring (bicyclic) bond motifs is 5. The molecule has 15 aromatic rings. The lowest BCUT2D eigenvalue weighted by molar-refractivity contribution is 0.404. The fourth-order valence-electron chi connectivity index (χ4n) is 11.5. The molecular weight excluding hydrogens is 1240 g/mol. The topological polar surface area (TPSA) is 232 Å². The third kappa shape index (κ3) is 15.1. The smallest absolute Gasteiger partial charge is 0.344 e. The van der Waals surface area contributed by atoms with Crippen molar-refractivity contribution < 1.29 is 42.5 Å². The standard InChI is InChI=1S/2C18H16O2.C17H14O3.C16H12O4.C16H12O3/c2*1-11-6-4-5-7-15(11)17-10-14-8-12(2)13(3)9-16(14)18(19)20-17;1-10-5-3-4-6-13(10)16-8-12-7-11(2)15(18)9-14(12)17(19)20-16;1-9-4-2-3-5-11(9)15-7-10-6-13(17)14(18)8-12(10)16(19)20-15;1-10-3-2-4-12(7-10)15-8-11-5-6-13(17)9-14(11)16(18)19-15/h2*4-10H,1-3H3;3-9,18H,1-2H3;2-8,17-18H,1H3;2-9,17H,1H3. The maximum atomic E-state index is 12.2. The van der Waals surface area contributed by atoms with Gasteiger partial charge in [0, 0.05) is 27.8 Å². The van der Waals surface area contributed by atoms with Crippen LogP contribution in [0.1, 0.15) is 55.6 Å². The van der Waals surface area contributed by atoms with E-state index in [4.69, 9.17) is 22.1 Å². The Labute approximate surface area is 568 Å². The second-order valence-electron chi connectivity index (χ2n) is 24.6. The molecule has 14 heteroatoms. The average Bonchev–Trinajstić information content (AvgIpc) is 0.854. The predicted octanol–water partition coefficient (Wildman–Crippen LogP) is 19.2. The summed E-state index contributed by atoms with van der Waals surface area (Å²) in [6.45, 7) is 19.8. The number of hydrogen-bond donors (Lipinski definition) is 4. The van der Waals surface area contributed by atoms with E-state index in [9.17, 15) is 44.4 Å². The van der Waals surface area contributed by atoms with Crippen molar-refractivity contribution in [3.63, 3.8) is 0 Å². The molecule has 5 aromatic heterocycles. The van der Waals surface area contributed by atoms with Gasteiger partial charge < -0.3 is 42.5 Å². The van der Waals surface area contributed by atoms with Crippen LogP contribution in [-0.2, 0) is 0 Å². The lowest BCUT2D eigenvalue weighted by Crippen LogP contribution is -2.01. The Balaban J connectivity index is 0.000000125. The van der Waals surface area contributed by atoms with Crippen molar-refractivity contribution in [2.24, 2.45) is 0 Å². The van der Waals surface area contributed by atoms with Crippen LogP contribution in [0.4, 0.5) is 0 Å². The summed E-state index contributed by atoms with van der Waals surface area (Å²) in [5.74, 6) is 2.33. The maximum Gasteiger partial charge on any atom is 0.344 e. The van der Waals surface area contributed by atoms with Crippen molar-refractivity contribution in [1.29, 1.82) is 0 Å². The molecular formula is C85H70O14. The van der Waals surface area contributed by atoms with E-state index < -0.39 is 16.9 Å². The van der Waals surface area contributed by atoms with Crippen LogP contribution in [0.2, 0.25) is 0 Å². The van der Waals surface area contributed by atoms with Crippen molar-refractivity contribution in [3.05, 3.63) is 326 Å². The molecule has 4 N–H and O–H groups in total. The summed E-state index contributed by atoms with van der Waals surface area (Å²) in [4.78, 5) is 60.4. The average molecular weight is 1320 g/mol. The first-order valence-corrected chi connectivity index (χ1v) is 31.8. The highest BCUT2D eigenvalue weighted by Gasteiger charge is 2.16. The molecule has 5 heterocycles. The Hall–Kier alpha value is -12.6. The lowest BCUT2D eigenvalue weighted by atomic mass is 10.0. The lowest BCUT2D eigenvalue weighted by Gasteiger charge is -2.07. The molecule has 0 unspecified atom stereocenters. The molecule has 14 nitrogen and oxygen atoms in total. The van der Waals surface area contributed by atoms with Crippen molar-refractivity contribution in [2.45, 2.75) is 69.2 Å². The number of phenolic OH excluding ortho intramolecular Hbond substituents is 4. The highest BCUT2D eigenvalue weighted by Crippen LogP contribution is 2.34. The zero-order valence-electron chi connectivity index (χ0n) is 56.2. The van der Waals surface area contributed by atoms with E-state index in [-0.39, 0.29) is 39.6 Å².